The Labute approximate surface area is 188 Å². The van der Waals surface area contributed by atoms with Crippen molar-refractivity contribution < 1.29 is 9.16 Å². The lowest BCUT2D eigenvalue weighted by Crippen LogP contribution is -2.42. The van der Waals surface area contributed by atoms with Gasteiger partial charge in [0.1, 0.15) is 0 Å². The average molecular weight is 431 g/mol. The molecule has 0 amide bonds. The van der Waals surface area contributed by atoms with Crippen LogP contribution in [0.4, 0.5) is 0 Å². The van der Waals surface area contributed by atoms with Crippen molar-refractivity contribution in [2.24, 2.45) is 0 Å². The van der Waals surface area contributed by atoms with E-state index in [4.69, 9.17) is 9.16 Å². The van der Waals surface area contributed by atoms with E-state index in [9.17, 15) is 0 Å². The topological polar surface area (TPSA) is 18.5 Å². The molecule has 3 aromatic rings. The maximum Gasteiger partial charge on any atom is 0.187 e. The van der Waals surface area contributed by atoms with Gasteiger partial charge in [-0.15, -0.1) is 0 Å². The lowest BCUT2D eigenvalue weighted by Gasteiger charge is -2.35. The number of hydrogen-bond acceptors (Lipinski definition) is 2. The number of benzene rings is 3. The zero-order valence-electron chi connectivity index (χ0n) is 19.1. The van der Waals surface area contributed by atoms with Crippen LogP contribution in [0.25, 0.3) is 11.1 Å². The number of rotatable bonds is 10. The molecule has 0 aliphatic heterocycles. The summed E-state index contributed by atoms with van der Waals surface area (Å²) in [5, 5.41) is 0. The molecule has 0 unspecified atom stereocenters. The molecule has 0 atom stereocenters. The van der Waals surface area contributed by atoms with Gasteiger partial charge in [-0.25, -0.2) is 0 Å². The highest BCUT2D eigenvalue weighted by Gasteiger charge is 2.44. The fraction of sp³-hybridized carbons (Fsp3) is 0.357. The van der Waals surface area contributed by atoms with Gasteiger partial charge in [-0.2, -0.15) is 0 Å². The predicted octanol–water partition coefficient (Wildman–Crippen LogP) is 6.84. The monoisotopic (exact) mass is 430 g/mol. The van der Waals surface area contributed by atoms with Crippen LogP contribution in [0.5, 0.6) is 0 Å². The van der Waals surface area contributed by atoms with Crippen molar-refractivity contribution >= 4 is 8.32 Å². The fourth-order valence-corrected chi connectivity index (χ4v) is 6.31. The maximum atomic E-state index is 6.84. The third kappa shape index (κ3) is 4.69. The van der Waals surface area contributed by atoms with Crippen LogP contribution in [0.15, 0.2) is 78.9 Å². The van der Waals surface area contributed by atoms with Crippen molar-refractivity contribution in [2.45, 2.75) is 44.3 Å². The Kier molecular flexibility index (Phi) is 6.76. The predicted molar refractivity (Wildman–Crippen MR) is 132 cm³/mol. The molecule has 0 bridgehead atoms. The molecule has 0 N–H and O–H groups in total. The van der Waals surface area contributed by atoms with Gasteiger partial charge in [-0.1, -0.05) is 85.8 Å². The van der Waals surface area contributed by atoms with Crippen LogP contribution in [-0.2, 0) is 21.0 Å². The van der Waals surface area contributed by atoms with Gasteiger partial charge >= 0.3 is 0 Å². The van der Waals surface area contributed by atoms with E-state index in [1.807, 2.05) is 0 Å². The van der Waals surface area contributed by atoms with Crippen LogP contribution in [0.2, 0.25) is 19.1 Å². The smallest absolute Gasteiger partial charge is 0.187 e. The molecule has 1 aliphatic carbocycles. The summed E-state index contributed by atoms with van der Waals surface area (Å²) in [7, 11) is -1.85. The van der Waals surface area contributed by atoms with Crippen LogP contribution in [0.1, 0.15) is 30.0 Å². The Morgan fingerprint density at radius 3 is 1.94 bits per heavy atom. The highest BCUT2D eigenvalue weighted by Crippen LogP contribution is 2.49. The molecule has 162 valence electrons. The molecule has 31 heavy (non-hydrogen) atoms. The summed E-state index contributed by atoms with van der Waals surface area (Å²) >= 11 is 0. The minimum atomic E-state index is -1.85. The molecule has 0 fully saturated rings. The molecule has 0 aromatic heterocycles. The van der Waals surface area contributed by atoms with Crippen molar-refractivity contribution in [2.75, 3.05) is 19.8 Å². The van der Waals surface area contributed by atoms with Gasteiger partial charge in [0, 0.05) is 13.2 Å². The molecule has 0 heterocycles. The van der Waals surface area contributed by atoms with Crippen molar-refractivity contribution in [3.05, 3.63) is 95.6 Å². The lowest BCUT2D eigenvalue weighted by atomic mass is 9.79. The van der Waals surface area contributed by atoms with Gasteiger partial charge in [-0.05, 0) is 59.8 Å². The van der Waals surface area contributed by atoms with Crippen LogP contribution in [0.3, 0.4) is 0 Å². The van der Waals surface area contributed by atoms with E-state index in [2.05, 4.69) is 98.9 Å². The Hall–Kier alpha value is -2.20. The van der Waals surface area contributed by atoms with Crippen molar-refractivity contribution in [1.29, 1.82) is 0 Å². The summed E-state index contributed by atoms with van der Waals surface area (Å²) in [5.41, 5.74) is 6.50. The maximum absolute atomic E-state index is 6.84. The quantitative estimate of drug-likeness (QED) is 0.259. The van der Waals surface area contributed by atoms with Gasteiger partial charge < -0.3 is 9.16 Å². The van der Waals surface area contributed by atoms with Crippen LogP contribution >= 0.6 is 0 Å². The summed E-state index contributed by atoms with van der Waals surface area (Å²) in [4.78, 5) is 0. The molecule has 3 heteroatoms. The second-order valence-corrected chi connectivity index (χ2v) is 13.6. The second kappa shape index (κ2) is 9.52. The molecule has 4 rings (SSSR count). The van der Waals surface area contributed by atoms with Gasteiger partial charge in [0.05, 0.1) is 12.0 Å². The van der Waals surface area contributed by atoms with Crippen molar-refractivity contribution in [3.8, 4) is 11.1 Å². The molecular weight excluding hydrogens is 396 g/mol. The van der Waals surface area contributed by atoms with Gasteiger partial charge in [0.2, 0.25) is 0 Å². The summed E-state index contributed by atoms with van der Waals surface area (Å²) < 4.78 is 13.1. The first-order valence-electron chi connectivity index (χ1n) is 11.5. The molecule has 0 spiro atoms. The van der Waals surface area contributed by atoms with E-state index in [1.165, 1.54) is 27.8 Å². The van der Waals surface area contributed by atoms with E-state index >= 15 is 0 Å². The number of fused-ring (bicyclic) bond motifs is 3. The lowest BCUT2D eigenvalue weighted by molar-refractivity contribution is 0.0740. The number of ether oxygens (including phenoxy) is 1. The minimum absolute atomic E-state index is 0.237. The van der Waals surface area contributed by atoms with Crippen molar-refractivity contribution in [1.82, 2.24) is 0 Å². The third-order valence-corrected chi connectivity index (χ3v) is 8.82. The Balaban J connectivity index is 1.60. The Morgan fingerprint density at radius 1 is 0.742 bits per heavy atom. The molecule has 0 saturated heterocycles. The van der Waals surface area contributed by atoms with Crippen molar-refractivity contribution in [3.63, 3.8) is 0 Å². The first kappa shape index (κ1) is 22.0. The first-order chi connectivity index (χ1) is 15.1. The summed E-state index contributed by atoms with van der Waals surface area (Å²) in [6.07, 6.45) is 2.10. The first-order valence-corrected chi connectivity index (χ1v) is 14.6. The summed E-state index contributed by atoms with van der Waals surface area (Å²) in [6.45, 7) is 8.99. The van der Waals surface area contributed by atoms with Gasteiger partial charge in [0.15, 0.2) is 8.32 Å². The third-order valence-electron chi connectivity index (χ3n) is 6.44. The molecule has 0 radical (unpaired) electrons. The SMILES string of the molecule is CCCOCC1(CO[Si](C)(C)CCc2ccccc2)c2ccccc2-c2ccccc21. The van der Waals surface area contributed by atoms with E-state index in [0.29, 0.717) is 13.2 Å². The Bertz CT molecular complexity index is 951. The minimum Gasteiger partial charge on any atom is -0.416 e. The van der Waals surface area contributed by atoms with E-state index < -0.39 is 8.32 Å². The molecule has 3 aromatic carbocycles. The van der Waals surface area contributed by atoms with Gasteiger partial charge in [0.25, 0.3) is 0 Å². The molecule has 0 saturated carbocycles. The number of hydrogen-bond donors (Lipinski definition) is 0. The van der Waals surface area contributed by atoms with Crippen LogP contribution in [0, 0.1) is 0 Å². The Morgan fingerprint density at radius 2 is 1.32 bits per heavy atom. The molecular formula is C28H34O2Si. The summed E-state index contributed by atoms with van der Waals surface area (Å²) in [5.74, 6) is 0. The highest BCUT2D eigenvalue weighted by molar-refractivity contribution is 6.71. The van der Waals surface area contributed by atoms with E-state index in [0.717, 1.165) is 25.5 Å². The van der Waals surface area contributed by atoms with E-state index in [1.54, 1.807) is 0 Å². The second-order valence-electron chi connectivity index (χ2n) is 9.26. The highest BCUT2D eigenvalue weighted by atomic mass is 28.4. The summed E-state index contributed by atoms with van der Waals surface area (Å²) in [6, 6.07) is 29.5. The normalized spacial score (nSPS) is 14.3. The standard InChI is InChI=1S/C28H34O2Si/c1-4-19-29-21-28(22-30-31(2,3)20-18-23-12-6-5-7-13-23)26-16-10-8-14-24(26)25-15-9-11-17-27(25)28/h5-17H,4,18-22H2,1-3H3. The van der Waals surface area contributed by atoms with E-state index in [-0.39, 0.29) is 5.41 Å². The van der Waals surface area contributed by atoms with Gasteiger partial charge in [-0.3, -0.25) is 0 Å². The molecule has 1 aliphatic rings. The molecule has 2 nitrogen and oxygen atoms in total. The van der Waals surface area contributed by atoms with Crippen LogP contribution in [-0.4, -0.2) is 28.1 Å². The number of aryl methyl sites for hydroxylation is 1. The zero-order chi connectivity index (χ0) is 21.7. The zero-order valence-corrected chi connectivity index (χ0v) is 20.1. The van der Waals surface area contributed by atoms with Crippen LogP contribution < -0.4 is 0 Å². The largest absolute Gasteiger partial charge is 0.416 e. The fourth-order valence-electron chi connectivity index (χ4n) is 4.64. The average Bonchev–Trinajstić information content (AvgIpc) is 3.08.